The minimum absolute atomic E-state index is 0.249. The van der Waals surface area contributed by atoms with Crippen LogP contribution in [-0.4, -0.2) is 0 Å². The normalized spacial score (nSPS) is 23.2. The van der Waals surface area contributed by atoms with Gasteiger partial charge in [0.05, 0.1) is 6.04 Å². The van der Waals surface area contributed by atoms with Gasteiger partial charge in [-0.3, -0.25) is 0 Å². The van der Waals surface area contributed by atoms with Crippen molar-refractivity contribution in [1.82, 2.24) is 0 Å². The summed E-state index contributed by atoms with van der Waals surface area (Å²) in [6, 6.07) is 25.9. The molecule has 0 unspecified atom stereocenters. The standard InChI is InChI=1S/C24H20ClN/c25-22-12-5-4-9-20(22)24-19-11-6-10-18(19)21-15-17(13-14-23(21)26-24)16-7-2-1-3-8-16/h1-10,12-15,18-19,24,26H,11H2/t18-,19+,24+/m0/s1. The summed E-state index contributed by atoms with van der Waals surface area (Å²) in [5, 5.41) is 4.63. The molecule has 2 aliphatic rings. The Morgan fingerprint density at radius 1 is 0.808 bits per heavy atom. The van der Waals surface area contributed by atoms with E-state index in [-0.39, 0.29) is 6.04 Å². The van der Waals surface area contributed by atoms with Crippen LogP contribution in [0.4, 0.5) is 5.69 Å². The van der Waals surface area contributed by atoms with E-state index in [2.05, 4.69) is 78.1 Å². The maximum atomic E-state index is 6.52. The third-order valence-corrected chi connectivity index (χ3v) is 6.05. The van der Waals surface area contributed by atoms with Crippen LogP contribution in [0.25, 0.3) is 11.1 Å². The second kappa shape index (κ2) is 6.34. The van der Waals surface area contributed by atoms with Crippen molar-refractivity contribution in [2.24, 2.45) is 5.92 Å². The zero-order valence-electron chi connectivity index (χ0n) is 14.4. The molecule has 1 nitrogen and oxygen atoms in total. The average Bonchev–Trinajstić information content (AvgIpc) is 3.18. The molecule has 0 saturated heterocycles. The molecule has 5 rings (SSSR count). The maximum Gasteiger partial charge on any atom is 0.0568 e. The summed E-state index contributed by atoms with van der Waals surface area (Å²) in [6.07, 6.45) is 5.79. The molecule has 0 spiro atoms. The smallest absolute Gasteiger partial charge is 0.0568 e. The van der Waals surface area contributed by atoms with Crippen molar-refractivity contribution in [3.8, 4) is 11.1 Å². The monoisotopic (exact) mass is 357 g/mol. The summed E-state index contributed by atoms with van der Waals surface area (Å²) in [4.78, 5) is 0. The van der Waals surface area contributed by atoms with Gasteiger partial charge in [0.2, 0.25) is 0 Å². The first-order chi connectivity index (χ1) is 12.8. The predicted octanol–water partition coefficient (Wildman–Crippen LogP) is 6.83. The number of benzene rings is 3. The molecule has 1 aliphatic heterocycles. The van der Waals surface area contributed by atoms with E-state index in [4.69, 9.17) is 11.6 Å². The molecule has 0 radical (unpaired) electrons. The number of hydrogen-bond donors (Lipinski definition) is 1. The number of hydrogen-bond acceptors (Lipinski definition) is 1. The summed E-state index contributed by atoms with van der Waals surface area (Å²) in [7, 11) is 0. The Morgan fingerprint density at radius 2 is 1.62 bits per heavy atom. The molecule has 3 aromatic rings. The van der Waals surface area contributed by atoms with E-state index in [1.807, 2.05) is 12.1 Å². The van der Waals surface area contributed by atoms with Gasteiger partial charge in [-0.25, -0.2) is 0 Å². The highest BCUT2D eigenvalue weighted by atomic mass is 35.5. The fraction of sp³-hybridized carbons (Fsp3) is 0.167. The molecule has 26 heavy (non-hydrogen) atoms. The minimum Gasteiger partial charge on any atom is -0.378 e. The highest BCUT2D eigenvalue weighted by Crippen LogP contribution is 2.51. The lowest BCUT2D eigenvalue weighted by molar-refractivity contribution is 0.426. The Bertz CT molecular complexity index is 977. The van der Waals surface area contributed by atoms with Gasteiger partial charge in [-0.05, 0) is 52.8 Å². The van der Waals surface area contributed by atoms with Crippen LogP contribution >= 0.6 is 11.6 Å². The largest absolute Gasteiger partial charge is 0.378 e. The molecule has 1 heterocycles. The summed E-state index contributed by atoms with van der Waals surface area (Å²) >= 11 is 6.52. The van der Waals surface area contributed by atoms with E-state index >= 15 is 0 Å². The van der Waals surface area contributed by atoms with Crippen LogP contribution in [0, 0.1) is 5.92 Å². The maximum absolute atomic E-state index is 6.52. The number of anilines is 1. The first kappa shape index (κ1) is 15.7. The number of rotatable bonds is 2. The minimum atomic E-state index is 0.249. The Morgan fingerprint density at radius 3 is 2.46 bits per heavy atom. The molecule has 3 atom stereocenters. The van der Waals surface area contributed by atoms with Crippen molar-refractivity contribution in [2.75, 3.05) is 5.32 Å². The quantitative estimate of drug-likeness (QED) is 0.495. The van der Waals surface area contributed by atoms with Crippen LogP contribution < -0.4 is 5.32 Å². The lowest BCUT2D eigenvalue weighted by Gasteiger charge is -2.38. The fourth-order valence-corrected chi connectivity index (χ4v) is 4.69. The summed E-state index contributed by atoms with van der Waals surface area (Å²) < 4.78 is 0. The summed E-state index contributed by atoms with van der Waals surface area (Å²) in [5.41, 5.74) is 6.37. The summed E-state index contributed by atoms with van der Waals surface area (Å²) in [6.45, 7) is 0. The SMILES string of the molecule is Clc1ccccc1[C@@H]1Nc2ccc(-c3ccccc3)cc2[C@H]2C=CC[C@H]21. The second-order valence-electron chi connectivity index (χ2n) is 7.17. The average molecular weight is 358 g/mol. The Hall–Kier alpha value is -2.51. The molecule has 128 valence electrons. The third-order valence-electron chi connectivity index (χ3n) is 5.71. The van der Waals surface area contributed by atoms with Gasteiger partial charge in [-0.15, -0.1) is 0 Å². The van der Waals surface area contributed by atoms with Crippen LogP contribution in [0.3, 0.4) is 0 Å². The first-order valence-corrected chi connectivity index (χ1v) is 9.56. The lowest BCUT2D eigenvalue weighted by Crippen LogP contribution is -2.29. The molecule has 1 aliphatic carbocycles. The zero-order valence-corrected chi connectivity index (χ0v) is 15.2. The zero-order chi connectivity index (χ0) is 17.5. The Balaban J connectivity index is 1.59. The summed E-state index contributed by atoms with van der Waals surface area (Å²) in [5.74, 6) is 0.949. The fourth-order valence-electron chi connectivity index (χ4n) is 4.44. The van der Waals surface area contributed by atoms with Crippen molar-refractivity contribution >= 4 is 17.3 Å². The third kappa shape index (κ3) is 2.55. The molecule has 2 heteroatoms. The molecule has 1 N–H and O–H groups in total. The van der Waals surface area contributed by atoms with Crippen LogP contribution in [0.15, 0.2) is 84.9 Å². The van der Waals surface area contributed by atoms with E-state index < -0.39 is 0 Å². The van der Waals surface area contributed by atoms with E-state index in [9.17, 15) is 0 Å². The van der Waals surface area contributed by atoms with Crippen LogP contribution in [-0.2, 0) is 0 Å². The second-order valence-corrected chi connectivity index (χ2v) is 7.57. The molecular formula is C24H20ClN. The van der Waals surface area contributed by atoms with E-state index in [0.717, 1.165) is 11.4 Å². The van der Waals surface area contributed by atoms with Crippen molar-refractivity contribution in [3.05, 3.63) is 101 Å². The molecule has 0 fully saturated rings. The van der Waals surface area contributed by atoms with Gasteiger partial charge in [0.1, 0.15) is 0 Å². The topological polar surface area (TPSA) is 12.0 Å². The first-order valence-electron chi connectivity index (χ1n) is 9.18. The molecule has 0 bridgehead atoms. The van der Waals surface area contributed by atoms with Crippen molar-refractivity contribution in [3.63, 3.8) is 0 Å². The van der Waals surface area contributed by atoms with Gasteiger partial charge in [-0.2, -0.15) is 0 Å². The molecule has 0 aromatic heterocycles. The van der Waals surface area contributed by atoms with Crippen molar-refractivity contribution in [2.45, 2.75) is 18.4 Å². The van der Waals surface area contributed by atoms with Gasteiger partial charge >= 0.3 is 0 Å². The molecular weight excluding hydrogens is 338 g/mol. The number of allylic oxidation sites excluding steroid dienone is 2. The molecule has 3 aromatic carbocycles. The predicted molar refractivity (Wildman–Crippen MR) is 110 cm³/mol. The van der Waals surface area contributed by atoms with Crippen molar-refractivity contribution < 1.29 is 0 Å². The van der Waals surface area contributed by atoms with Crippen LogP contribution in [0.5, 0.6) is 0 Å². The van der Waals surface area contributed by atoms with Gasteiger partial charge in [0, 0.05) is 16.6 Å². The van der Waals surface area contributed by atoms with Gasteiger partial charge in [0.15, 0.2) is 0 Å². The van der Waals surface area contributed by atoms with Gasteiger partial charge in [-0.1, -0.05) is 78.4 Å². The number of nitrogens with one attached hydrogen (secondary N) is 1. The van der Waals surface area contributed by atoms with Crippen molar-refractivity contribution in [1.29, 1.82) is 0 Å². The number of halogens is 1. The lowest BCUT2D eigenvalue weighted by atomic mass is 9.76. The van der Waals surface area contributed by atoms with Crippen LogP contribution in [0.2, 0.25) is 5.02 Å². The Kier molecular flexibility index (Phi) is 3.83. The highest BCUT2D eigenvalue weighted by molar-refractivity contribution is 6.31. The van der Waals surface area contributed by atoms with E-state index in [1.54, 1.807) is 0 Å². The van der Waals surface area contributed by atoms with Gasteiger partial charge < -0.3 is 5.32 Å². The van der Waals surface area contributed by atoms with Crippen LogP contribution in [0.1, 0.15) is 29.5 Å². The van der Waals surface area contributed by atoms with E-state index in [1.165, 1.54) is 27.9 Å². The Labute approximate surface area is 159 Å². The molecule has 0 saturated carbocycles. The highest BCUT2D eigenvalue weighted by Gasteiger charge is 2.38. The molecule has 0 amide bonds. The van der Waals surface area contributed by atoms with Gasteiger partial charge in [0.25, 0.3) is 0 Å². The number of fused-ring (bicyclic) bond motifs is 3. The van der Waals surface area contributed by atoms with E-state index in [0.29, 0.717) is 11.8 Å².